The molecule has 21 heavy (non-hydrogen) atoms. The molecule has 1 atom stereocenters. The first kappa shape index (κ1) is 15.9. The van der Waals surface area contributed by atoms with Crippen LogP contribution in [0.1, 0.15) is 36.4 Å². The molecule has 0 amide bonds. The van der Waals surface area contributed by atoms with Crippen LogP contribution < -0.4 is 10.6 Å². The van der Waals surface area contributed by atoms with Gasteiger partial charge in [-0.15, -0.1) is 12.4 Å². The van der Waals surface area contributed by atoms with Crippen LogP contribution in [0.15, 0.2) is 54.6 Å². The molecule has 1 heterocycles. The molecule has 3 rings (SSSR count). The summed E-state index contributed by atoms with van der Waals surface area (Å²) in [6.07, 6.45) is 3.91. The average Bonchev–Trinajstić information content (AvgIpc) is 2.55. The summed E-state index contributed by atoms with van der Waals surface area (Å²) < 4.78 is 0. The Morgan fingerprint density at radius 1 is 0.952 bits per heavy atom. The molecule has 2 aromatic rings. The van der Waals surface area contributed by atoms with Gasteiger partial charge in [-0.1, -0.05) is 48.9 Å². The summed E-state index contributed by atoms with van der Waals surface area (Å²) in [5.74, 6) is 0. The van der Waals surface area contributed by atoms with E-state index in [0.29, 0.717) is 6.04 Å². The minimum absolute atomic E-state index is 0. The zero-order valence-corrected chi connectivity index (χ0v) is 13.0. The maximum absolute atomic E-state index is 3.59. The first-order valence-electron chi connectivity index (χ1n) is 7.53. The molecule has 1 aliphatic rings. The molecule has 1 fully saturated rings. The molecule has 0 spiro atoms. The van der Waals surface area contributed by atoms with Crippen LogP contribution in [0, 0.1) is 0 Å². The van der Waals surface area contributed by atoms with Gasteiger partial charge in [-0.05, 0) is 42.6 Å². The van der Waals surface area contributed by atoms with Gasteiger partial charge in [0.25, 0.3) is 0 Å². The zero-order valence-electron chi connectivity index (χ0n) is 12.2. The van der Waals surface area contributed by atoms with E-state index in [9.17, 15) is 0 Å². The van der Waals surface area contributed by atoms with E-state index in [2.05, 4.69) is 65.2 Å². The quantitative estimate of drug-likeness (QED) is 0.866. The number of benzene rings is 2. The Morgan fingerprint density at radius 3 is 2.38 bits per heavy atom. The van der Waals surface area contributed by atoms with Crippen LogP contribution in [-0.2, 0) is 6.54 Å². The Kier molecular flexibility index (Phi) is 6.09. The van der Waals surface area contributed by atoms with Crippen LogP contribution in [-0.4, -0.2) is 6.54 Å². The van der Waals surface area contributed by atoms with Gasteiger partial charge in [0.1, 0.15) is 0 Å². The second-order valence-electron chi connectivity index (χ2n) is 5.46. The molecule has 0 unspecified atom stereocenters. The molecule has 3 heteroatoms. The molecular weight excluding hydrogens is 280 g/mol. The third-order valence-electron chi connectivity index (χ3n) is 3.96. The van der Waals surface area contributed by atoms with E-state index in [-0.39, 0.29) is 12.4 Å². The van der Waals surface area contributed by atoms with Crippen molar-refractivity contribution in [3.05, 3.63) is 65.7 Å². The molecule has 0 aromatic heterocycles. The van der Waals surface area contributed by atoms with Crippen LogP contribution in [0.3, 0.4) is 0 Å². The molecule has 2 N–H and O–H groups in total. The van der Waals surface area contributed by atoms with Crippen LogP contribution in [0.25, 0.3) is 0 Å². The van der Waals surface area contributed by atoms with Crippen molar-refractivity contribution < 1.29 is 0 Å². The van der Waals surface area contributed by atoms with E-state index in [1.807, 2.05) is 0 Å². The van der Waals surface area contributed by atoms with Crippen molar-refractivity contribution in [3.63, 3.8) is 0 Å². The van der Waals surface area contributed by atoms with Crippen molar-refractivity contribution in [2.24, 2.45) is 0 Å². The highest BCUT2D eigenvalue weighted by Crippen LogP contribution is 2.24. The summed E-state index contributed by atoms with van der Waals surface area (Å²) >= 11 is 0. The molecule has 0 saturated carbocycles. The van der Waals surface area contributed by atoms with E-state index in [0.717, 1.165) is 13.1 Å². The Bertz CT molecular complexity index is 519. The lowest BCUT2D eigenvalue weighted by Gasteiger charge is -2.24. The van der Waals surface area contributed by atoms with Gasteiger partial charge in [0.15, 0.2) is 0 Å². The lowest BCUT2D eigenvalue weighted by Crippen LogP contribution is -2.26. The van der Waals surface area contributed by atoms with Crippen LogP contribution >= 0.6 is 12.4 Å². The van der Waals surface area contributed by atoms with Gasteiger partial charge in [-0.2, -0.15) is 0 Å². The molecule has 0 bridgehead atoms. The van der Waals surface area contributed by atoms with Crippen molar-refractivity contribution in [2.45, 2.75) is 31.8 Å². The van der Waals surface area contributed by atoms with E-state index in [4.69, 9.17) is 0 Å². The summed E-state index contributed by atoms with van der Waals surface area (Å²) in [5.41, 5.74) is 3.91. The third kappa shape index (κ3) is 4.48. The highest BCUT2D eigenvalue weighted by atomic mass is 35.5. The standard InChI is InChI=1S/C18H22N2.ClH/c1-2-6-15(7-3-1)14-20-17-11-9-16(10-12-17)18-8-4-5-13-19-18;/h1-3,6-7,9-12,18-20H,4-5,8,13-14H2;1H/t18-;/m1./s1. The molecule has 0 aliphatic carbocycles. The van der Waals surface area contributed by atoms with Gasteiger partial charge >= 0.3 is 0 Å². The second kappa shape index (κ2) is 8.06. The summed E-state index contributed by atoms with van der Waals surface area (Å²) in [6.45, 7) is 2.03. The predicted octanol–water partition coefficient (Wildman–Crippen LogP) is 4.54. The van der Waals surface area contributed by atoms with Crippen LogP contribution in [0.5, 0.6) is 0 Å². The molecule has 1 saturated heterocycles. The Labute approximate surface area is 133 Å². The van der Waals surface area contributed by atoms with E-state index < -0.39 is 0 Å². The van der Waals surface area contributed by atoms with E-state index in [1.165, 1.54) is 36.1 Å². The largest absolute Gasteiger partial charge is 0.381 e. The van der Waals surface area contributed by atoms with Crippen molar-refractivity contribution in [3.8, 4) is 0 Å². The van der Waals surface area contributed by atoms with Gasteiger partial charge in [0, 0.05) is 18.3 Å². The Morgan fingerprint density at radius 2 is 1.71 bits per heavy atom. The zero-order chi connectivity index (χ0) is 13.6. The Balaban J connectivity index is 0.00000161. The molecule has 2 aromatic carbocycles. The summed E-state index contributed by atoms with van der Waals surface area (Å²) in [5, 5.41) is 7.06. The minimum atomic E-state index is 0. The molecule has 1 aliphatic heterocycles. The molecule has 2 nitrogen and oxygen atoms in total. The summed E-state index contributed by atoms with van der Waals surface area (Å²) in [6, 6.07) is 19.9. The molecular formula is C18H23ClN2. The van der Waals surface area contributed by atoms with Crippen molar-refractivity contribution in [2.75, 3.05) is 11.9 Å². The number of piperidine rings is 1. The Hall–Kier alpha value is -1.51. The lowest BCUT2D eigenvalue weighted by atomic mass is 9.97. The smallest absolute Gasteiger partial charge is 0.0400 e. The highest BCUT2D eigenvalue weighted by molar-refractivity contribution is 5.85. The number of halogens is 1. The third-order valence-corrected chi connectivity index (χ3v) is 3.96. The second-order valence-corrected chi connectivity index (χ2v) is 5.46. The van der Waals surface area contributed by atoms with Crippen molar-refractivity contribution in [1.82, 2.24) is 5.32 Å². The topological polar surface area (TPSA) is 24.1 Å². The van der Waals surface area contributed by atoms with Gasteiger partial charge in [-0.25, -0.2) is 0 Å². The fourth-order valence-electron chi connectivity index (χ4n) is 2.77. The predicted molar refractivity (Wildman–Crippen MR) is 92.1 cm³/mol. The van der Waals surface area contributed by atoms with Crippen LogP contribution in [0.2, 0.25) is 0 Å². The van der Waals surface area contributed by atoms with E-state index >= 15 is 0 Å². The fraction of sp³-hybridized carbons (Fsp3) is 0.333. The number of anilines is 1. The van der Waals surface area contributed by atoms with Gasteiger partial charge < -0.3 is 10.6 Å². The van der Waals surface area contributed by atoms with Gasteiger partial charge in [0.2, 0.25) is 0 Å². The monoisotopic (exact) mass is 302 g/mol. The van der Waals surface area contributed by atoms with Gasteiger partial charge in [0.05, 0.1) is 0 Å². The first-order chi connectivity index (χ1) is 9.92. The average molecular weight is 303 g/mol. The number of nitrogens with one attached hydrogen (secondary N) is 2. The fourth-order valence-corrected chi connectivity index (χ4v) is 2.77. The normalized spacial score (nSPS) is 17.8. The maximum atomic E-state index is 3.59. The highest BCUT2D eigenvalue weighted by Gasteiger charge is 2.13. The lowest BCUT2D eigenvalue weighted by molar-refractivity contribution is 0.412. The molecule has 0 radical (unpaired) electrons. The minimum Gasteiger partial charge on any atom is -0.381 e. The SMILES string of the molecule is Cl.c1ccc(CNc2ccc([C@H]3CCCCN3)cc2)cc1. The summed E-state index contributed by atoms with van der Waals surface area (Å²) in [4.78, 5) is 0. The van der Waals surface area contributed by atoms with Crippen molar-refractivity contribution >= 4 is 18.1 Å². The van der Waals surface area contributed by atoms with Gasteiger partial charge in [-0.3, -0.25) is 0 Å². The number of rotatable bonds is 4. The summed E-state index contributed by atoms with van der Waals surface area (Å²) in [7, 11) is 0. The van der Waals surface area contributed by atoms with Crippen LogP contribution in [0.4, 0.5) is 5.69 Å². The van der Waals surface area contributed by atoms with Crippen molar-refractivity contribution in [1.29, 1.82) is 0 Å². The maximum Gasteiger partial charge on any atom is 0.0400 e. The molecule has 112 valence electrons. The first-order valence-corrected chi connectivity index (χ1v) is 7.53. The van der Waals surface area contributed by atoms with E-state index in [1.54, 1.807) is 0 Å². The number of hydrogen-bond acceptors (Lipinski definition) is 2. The number of hydrogen-bond donors (Lipinski definition) is 2.